The Bertz CT molecular complexity index is 1010. The lowest BCUT2D eigenvalue weighted by Gasteiger charge is -2.15. The molecule has 0 aliphatic rings. The minimum Gasteiger partial charge on any atom is -0.452 e. The van der Waals surface area contributed by atoms with E-state index in [1.807, 2.05) is 0 Å². The average molecular weight is 443 g/mol. The molecule has 1 amide bonds. The van der Waals surface area contributed by atoms with Gasteiger partial charge in [-0.1, -0.05) is 23.7 Å². The Hall–Kier alpha value is -2.49. The van der Waals surface area contributed by atoms with Gasteiger partial charge in [-0.3, -0.25) is 4.79 Å². The van der Waals surface area contributed by atoms with E-state index in [0.717, 1.165) is 10.4 Å². The fourth-order valence-corrected chi connectivity index (χ4v) is 3.48. The molecule has 1 atom stereocenters. The summed E-state index contributed by atoms with van der Waals surface area (Å²) < 4.78 is 43.3. The van der Waals surface area contributed by atoms with Crippen LogP contribution < -0.4 is 5.32 Å². The van der Waals surface area contributed by atoms with Crippen LogP contribution >= 0.6 is 11.6 Å². The van der Waals surface area contributed by atoms with Crippen LogP contribution in [0.1, 0.15) is 28.9 Å². The SMILES string of the molecule is C[C@@H](NC(=O)COC(=O)c1cc(S(=O)(=O)N(C)C)ccc1Cl)c1ccc(F)cc1. The summed E-state index contributed by atoms with van der Waals surface area (Å²) in [5.41, 5.74) is 0.504. The molecule has 0 saturated carbocycles. The van der Waals surface area contributed by atoms with E-state index in [4.69, 9.17) is 16.3 Å². The van der Waals surface area contributed by atoms with Crippen LogP contribution in [0.15, 0.2) is 47.4 Å². The third-order valence-electron chi connectivity index (χ3n) is 4.02. The first-order valence-electron chi connectivity index (χ1n) is 8.46. The molecular weight excluding hydrogens is 423 g/mol. The van der Waals surface area contributed by atoms with E-state index in [0.29, 0.717) is 5.56 Å². The van der Waals surface area contributed by atoms with Crippen LogP contribution in [0.5, 0.6) is 0 Å². The summed E-state index contributed by atoms with van der Waals surface area (Å²) in [6, 6.07) is 8.81. The summed E-state index contributed by atoms with van der Waals surface area (Å²) in [6.07, 6.45) is 0. The largest absolute Gasteiger partial charge is 0.452 e. The maximum Gasteiger partial charge on any atom is 0.340 e. The molecule has 0 unspecified atom stereocenters. The van der Waals surface area contributed by atoms with E-state index in [9.17, 15) is 22.4 Å². The standard InChI is InChI=1S/C19H20ClFN2O5S/c1-12(13-4-6-14(21)7-5-13)22-18(24)11-28-19(25)16-10-15(8-9-17(16)20)29(26,27)23(2)3/h4-10,12H,11H2,1-3H3,(H,22,24)/t12-/m1/s1. The molecule has 0 aliphatic carbocycles. The van der Waals surface area contributed by atoms with Crippen molar-refractivity contribution in [3.8, 4) is 0 Å². The number of carbonyl (C=O) groups excluding carboxylic acids is 2. The van der Waals surface area contributed by atoms with Crippen molar-refractivity contribution in [2.24, 2.45) is 0 Å². The second kappa shape index (κ2) is 9.34. The van der Waals surface area contributed by atoms with Gasteiger partial charge >= 0.3 is 5.97 Å². The van der Waals surface area contributed by atoms with E-state index in [1.54, 1.807) is 6.92 Å². The van der Waals surface area contributed by atoms with Crippen molar-refractivity contribution in [3.63, 3.8) is 0 Å². The predicted octanol–water partition coefficient (Wildman–Crippen LogP) is 2.76. The zero-order chi connectivity index (χ0) is 21.8. The van der Waals surface area contributed by atoms with E-state index in [-0.39, 0.29) is 15.5 Å². The van der Waals surface area contributed by atoms with Crippen LogP contribution in [0.3, 0.4) is 0 Å². The minimum atomic E-state index is -3.77. The van der Waals surface area contributed by atoms with Crippen LogP contribution in [0.25, 0.3) is 0 Å². The summed E-state index contributed by atoms with van der Waals surface area (Å²) in [4.78, 5) is 24.2. The number of amides is 1. The summed E-state index contributed by atoms with van der Waals surface area (Å²) in [7, 11) is -1.06. The molecule has 2 rings (SSSR count). The number of sulfonamides is 1. The van der Waals surface area contributed by atoms with Gasteiger partial charge in [0.05, 0.1) is 21.5 Å². The molecule has 29 heavy (non-hydrogen) atoms. The molecule has 0 aromatic heterocycles. The fourth-order valence-electron chi connectivity index (χ4n) is 2.36. The van der Waals surface area contributed by atoms with E-state index < -0.39 is 40.4 Å². The monoisotopic (exact) mass is 442 g/mol. The number of rotatable bonds is 7. The molecule has 2 aromatic carbocycles. The molecule has 0 fully saturated rings. The average Bonchev–Trinajstić information content (AvgIpc) is 2.66. The molecule has 0 aliphatic heterocycles. The normalized spacial score (nSPS) is 12.5. The second-order valence-electron chi connectivity index (χ2n) is 6.35. The van der Waals surface area contributed by atoms with Gasteiger partial charge in [0.15, 0.2) is 6.61 Å². The molecule has 7 nitrogen and oxygen atoms in total. The molecule has 0 heterocycles. The van der Waals surface area contributed by atoms with E-state index in [2.05, 4.69) is 5.32 Å². The number of benzene rings is 2. The van der Waals surface area contributed by atoms with Gasteiger partial charge in [0.1, 0.15) is 5.82 Å². The lowest BCUT2D eigenvalue weighted by Crippen LogP contribution is -2.31. The van der Waals surface area contributed by atoms with Gasteiger partial charge in [-0.05, 0) is 42.8 Å². The van der Waals surface area contributed by atoms with E-state index in [1.165, 1.54) is 50.5 Å². The van der Waals surface area contributed by atoms with Gasteiger partial charge in [-0.15, -0.1) is 0 Å². The zero-order valence-corrected chi connectivity index (χ0v) is 17.6. The Kier molecular flexibility index (Phi) is 7.34. The predicted molar refractivity (Wildman–Crippen MR) is 106 cm³/mol. The third-order valence-corrected chi connectivity index (χ3v) is 6.16. The van der Waals surface area contributed by atoms with Crippen LogP contribution in [0, 0.1) is 5.82 Å². The molecule has 0 saturated heterocycles. The Labute approximate surface area is 173 Å². The Morgan fingerprint density at radius 1 is 1.17 bits per heavy atom. The summed E-state index contributed by atoms with van der Waals surface area (Å²) in [6.45, 7) is 1.10. The van der Waals surface area contributed by atoms with Crippen LogP contribution in [-0.2, 0) is 19.6 Å². The van der Waals surface area contributed by atoms with Gasteiger partial charge in [0.25, 0.3) is 5.91 Å². The maximum absolute atomic E-state index is 13.0. The second-order valence-corrected chi connectivity index (χ2v) is 8.91. The van der Waals surface area contributed by atoms with Crippen molar-refractivity contribution < 1.29 is 27.1 Å². The number of hydrogen-bond donors (Lipinski definition) is 1. The van der Waals surface area contributed by atoms with E-state index >= 15 is 0 Å². The highest BCUT2D eigenvalue weighted by Gasteiger charge is 2.22. The summed E-state index contributed by atoms with van der Waals surface area (Å²) in [5, 5.41) is 2.61. The Balaban J connectivity index is 2.03. The van der Waals surface area contributed by atoms with Crippen molar-refractivity contribution in [2.75, 3.05) is 20.7 Å². The zero-order valence-electron chi connectivity index (χ0n) is 16.0. The highest BCUT2D eigenvalue weighted by Crippen LogP contribution is 2.23. The van der Waals surface area contributed by atoms with Gasteiger partial charge in [-0.2, -0.15) is 0 Å². The van der Waals surface area contributed by atoms with Crippen molar-refractivity contribution >= 4 is 33.5 Å². The maximum atomic E-state index is 13.0. The quantitative estimate of drug-likeness (QED) is 0.665. The molecule has 2 aromatic rings. The number of esters is 1. The smallest absolute Gasteiger partial charge is 0.340 e. The van der Waals surface area contributed by atoms with Gasteiger partial charge in [-0.25, -0.2) is 21.9 Å². The number of carbonyl (C=O) groups is 2. The van der Waals surface area contributed by atoms with Crippen molar-refractivity contribution in [1.82, 2.24) is 9.62 Å². The topological polar surface area (TPSA) is 92.8 Å². The first-order chi connectivity index (χ1) is 13.5. The first-order valence-corrected chi connectivity index (χ1v) is 10.3. The number of nitrogens with one attached hydrogen (secondary N) is 1. The third kappa shape index (κ3) is 5.75. The fraction of sp³-hybridized carbons (Fsp3) is 0.263. The van der Waals surface area contributed by atoms with Gasteiger partial charge in [0, 0.05) is 14.1 Å². The minimum absolute atomic E-state index is 0.00667. The highest BCUT2D eigenvalue weighted by atomic mass is 35.5. The number of nitrogens with zero attached hydrogens (tertiary/aromatic N) is 1. The van der Waals surface area contributed by atoms with Crippen LogP contribution in [0.4, 0.5) is 4.39 Å². The number of ether oxygens (including phenoxy) is 1. The molecule has 1 N–H and O–H groups in total. The molecule has 156 valence electrons. The van der Waals surface area contributed by atoms with Crippen molar-refractivity contribution in [2.45, 2.75) is 17.9 Å². The lowest BCUT2D eigenvalue weighted by molar-refractivity contribution is -0.124. The van der Waals surface area contributed by atoms with Crippen LogP contribution in [-0.4, -0.2) is 45.3 Å². The summed E-state index contributed by atoms with van der Waals surface area (Å²) in [5.74, 6) is -1.91. The Morgan fingerprint density at radius 3 is 2.38 bits per heavy atom. The van der Waals surface area contributed by atoms with Crippen molar-refractivity contribution in [1.29, 1.82) is 0 Å². The highest BCUT2D eigenvalue weighted by molar-refractivity contribution is 7.89. The molecule has 0 radical (unpaired) electrons. The molecule has 10 heteroatoms. The van der Waals surface area contributed by atoms with Crippen LogP contribution in [0.2, 0.25) is 5.02 Å². The first kappa shape index (κ1) is 22.8. The molecule has 0 bridgehead atoms. The van der Waals surface area contributed by atoms with Gasteiger partial charge in [0.2, 0.25) is 10.0 Å². The summed E-state index contributed by atoms with van der Waals surface area (Å²) >= 11 is 5.97. The van der Waals surface area contributed by atoms with Gasteiger partial charge < -0.3 is 10.1 Å². The lowest BCUT2D eigenvalue weighted by atomic mass is 10.1. The number of hydrogen-bond acceptors (Lipinski definition) is 5. The molecule has 0 spiro atoms. The number of halogens is 2. The molecular formula is C19H20ClFN2O5S. The Morgan fingerprint density at radius 2 is 1.79 bits per heavy atom. The van der Waals surface area contributed by atoms with Crippen molar-refractivity contribution in [3.05, 3.63) is 64.4 Å².